The Balaban J connectivity index is 2.20. The van der Waals surface area contributed by atoms with Gasteiger partial charge in [-0.05, 0) is 37.5 Å². The average Bonchev–Trinajstić information content (AvgIpc) is 3.17. The summed E-state index contributed by atoms with van der Waals surface area (Å²) in [7, 11) is 1.63. The van der Waals surface area contributed by atoms with Gasteiger partial charge in [-0.3, -0.25) is 0 Å². The van der Waals surface area contributed by atoms with E-state index in [0.717, 1.165) is 35.5 Å². The number of hydrogen-bond acceptors (Lipinski definition) is 4. The number of rotatable bonds is 3. The molecule has 0 saturated heterocycles. The molecule has 0 bridgehead atoms. The van der Waals surface area contributed by atoms with Gasteiger partial charge in [0, 0.05) is 5.92 Å². The zero-order valence-electron chi connectivity index (χ0n) is 10.9. The first-order valence-corrected chi connectivity index (χ1v) is 6.25. The lowest BCUT2D eigenvalue weighted by atomic mass is 10.2. The number of hydrogen-bond donors (Lipinski definition) is 0. The Morgan fingerprint density at radius 1 is 1.42 bits per heavy atom. The highest BCUT2D eigenvalue weighted by atomic mass is 16.5. The number of aromatic nitrogens is 3. The summed E-state index contributed by atoms with van der Waals surface area (Å²) in [5.41, 5.74) is 3.29. The molecule has 0 N–H and O–H groups in total. The van der Waals surface area contributed by atoms with Crippen LogP contribution in [0.1, 0.15) is 35.7 Å². The van der Waals surface area contributed by atoms with Gasteiger partial charge in [-0.25, -0.2) is 4.68 Å². The largest absolute Gasteiger partial charge is 0.494 e. The van der Waals surface area contributed by atoms with E-state index in [9.17, 15) is 0 Å². The minimum Gasteiger partial charge on any atom is -0.494 e. The van der Waals surface area contributed by atoms with Crippen molar-refractivity contribution in [2.24, 2.45) is 0 Å². The number of methoxy groups -OCH3 is 1. The van der Waals surface area contributed by atoms with Crippen molar-refractivity contribution in [3.63, 3.8) is 0 Å². The van der Waals surface area contributed by atoms with E-state index < -0.39 is 0 Å². The molecule has 3 rings (SSSR count). The van der Waals surface area contributed by atoms with Gasteiger partial charge < -0.3 is 4.74 Å². The molecule has 2 aromatic rings. The Morgan fingerprint density at radius 3 is 2.84 bits per heavy atom. The minimum absolute atomic E-state index is 0.398. The van der Waals surface area contributed by atoms with Crippen LogP contribution in [0.5, 0.6) is 5.75 Å². The van der Waals surface area contributed by atoms with E-state index in [1.54, 1.807) is 11.8 Å². The van der Waals surface area contributed by atoms with E-state index in [4.69, 9.17) is 10.00 Å². The molecule has 0 spiro atoms. The third-order valence-electron chi connectivity index (χ3n) is 3.34. The van der Waals surface area contributed by atoms with Crippen LogP contribution in [0.15, 0.2) is 18.2 Å². The topological polar surface area (TPSA) is 63.7 Å². The van der Waals surface area contributed by atoms with Gasteiger partial charge in [0.15, 0.2) is 5.69 Å². The van der Waals surface area contributed by atoms with Crippen LogP contribution < -0.4 is 4.74 Å². The van der Waals surface area contributed by atoms with Gasteiger partial charge >= 0.3 is 0 Å². The van der Waals surface area contributed by atoms with Gasteiger partial charge in [0.2, 0.25) is 0 Å². The van der Waals surface area contributed by atoms with Crippen LogP contribution >= 0.6 is 0 Å². The Morgan fingerprint density at radius 2 is 2.21 bits per heavy atom. The van der Waals surface area contributed by atoms with Crippen LogP contribution in [0.25, 0.3) is 5.69 Å². The first-order valence-electron chi connectivity index (χ1n) is 6.25. The van der Waals surface area contributed by atoms with E-state index in [0.29, 0.717) is 11.6 Å². The molecule has 0 unspecified atom stereocenters. The molecule has 1 heterocycles. The lowest BCUT2D eigenvalue weighted by Gasteiger charge is -2.11. The van der Waals surface area contributed by atoms with Crippen molar-refractivity contribution in [2.75, 3.05) is 7.11 Å². The number of benzene rings is 1. The maximum atomic E-state index is 9.14. The maximum Gasteiger partial charge on any atom is 0.186 e. The second kappa shape index (κ2) is 4.39. The molecule has 0 aliphatic heterocycles. The van der Waals surface area contributed by atoms with E-state index in [1.165, 1.54) is 0 Å². The molecule has 0 radical (unpaired) electrons. The molecule has 0 amide bonds. The average molecular weight is 254 g/mol. The van der Waals surface area contributed by atoms with Gasteiger partial charge in [0.1, 0.15) is 17.5 Å². The first-order chi connectivity index (χ1) is 9.24. The van der Waals surface area contributed by atoms with Gasteiger partial charge in [-0.15, -0.1) is 5.10 Å². The number of nitrogens with zero attached hydrogens (tertiary/aromatic N) is 4. The van der Waals surface area contributed by atoms with E-state index in [-0.39, 0.29) is 0 Å². The third kappa shape index (κ3) is 1.95. The van der Waals surface area contributed by atoms with Crippen molar-refractivity contribution in [2.45, 2.75) is 25.7 Å². The molecule has 5 nitrogen and oxygen atoms in total. The number of nitriles is 1. The van der Waals surface area contributed by atoms with E-state index in [2.05, 4.69) is 16.4 Å². The zero-order valence-corrected chi connectivity index (χ0v) is 10.9. The van der Waals surface area contributed by atoms with Crippen molar-refractivity contribution in [1.82, 2.24) is 15.0 Å². The second-order valence-electron chi connectivity index (χ2n) is 4.80. The molecule has 0 atom stereocenters. The molecule has 1 aliphatic rings. The summed E-state index contributed by atoms with van der Waals surface area (Å²) in [6.07, 6.45) is 2.19. The normalized spacial score (nSPS) is 14.2. The fourth-order valence-electron chi connectivity index (χ4n) is 2.24. The molecule has 1 aromatic carbocycles. The van der Waals surface area contributed by atoms with Crippen molar-refractivity contribution in [1.29, 1.82) is 5.26 Å². The Kier molecular flexibility index (Phi) is 2.71. The van der Waals surface area contributed by atoms with Crippen LogP contribution in [0.2, 0.25) is 0 Å². The molecular formula is C14H14N4O. The van der Waals surface area contributed by atoms with Crippen molar-refractivity contribution >= 4 is 0 Å². The quantitative estimate of drug-likeness (QED) is 0.843. The van der Waals surface area contributed by atoms with E-state index in [1.807, 2.05) is 25.1 Å². The predicted molar refractivity (Wildman–Crippen MR) is 69.3 cm³/mol. The summed E-state index contributed by atoms with van der Waals surface area (Å²) < 4.78 is 7.13. The molecular weight excluding hydrogens is 240 g/mol. The minimum atomic E-state index is 0.398. The lowest BCUT2D eigenvalue weighted by Crippen LogP contribution is -2.04. The van der Waals surface area contributed by atoms with Crippen molar-refractivity contribution < 1.29 is 4.74 Å². The molecule has 5 heteroatoms. The van der Waals surface area contributed by atoms with Gasteiger partial charge in [-0.1, -0.05) is 11.3 Å². The van der Waals surface area contributed by atoms with Gasteiger partial charge in [-0.2, -0.15) is 5.26 Å². The Bertz CT molecular complexity index is 665. The molecule has 1 fully saturated rings. The number of ether oxygens (including phenoxy) is 1. The highest BCUT2D eigenvalue weighted by molar-refractivity contribution is 5.50. The zero-order chi connectivity index (χ0) is 13.4. The maximum absolute atomic E-state index is 9.14. The number of aryl methyl sites for hydroxylation is 1. The molecule has 1 aliphatic carbocycles. The Hall–Kier alpha value is -2.35. The third-order valence-corrected chi connectivity index (χ3v) is 3.34. The summed E-state index contributed by atoms with van der Waals surface area (Å²) in [5, 5.41) is 17.2. The van der Waals surface area contributed by atoms with Gasteiger partial charge in [0.25, 0.3) is 0 Å². The summed E-state index contributed by atoms with van der Waals surface area (Å²) in [6, 6.07) is 8.02. The smallest absolute Gasteiger partial charge is 0.186 e. The molecule has 96 valence electrons. The summed E-state index contributed by atoms with van der Waals surface area (Å²) in [4.78, 5) is 0. The van der Waals surface area contributed by atoms with Gasteiger partial charge in [0.05, 0.1) is 12.8 Å². The van der Waals surface area contributed by atoms with E-state index >= 15 is 0 Å². The van der Waals surface area contributed by atoms with Crippen molar-refractivity contribution in [3.8, 4) is 17.5 Å². The monoisotopic (exact) mass is 254 g/mol. The van der Waals surface area contributed by atoms with Crippen LogP contribution in [0, 0.1) is 18.3 Å². The fraction of sp³-hybridized carbons (Fsp3) is 0.357. The second-order valence-corrected chi connectivity index (χ2v) is 4.80. The molecule has 1 saturated carbocycles. The molecule has 1 aromatic heterocycles. The standard InChI is InChI=1S/C14H14N4O/c1-9-3-6-13(19-2)12(7-9)18-14(10-4-5-10)11(8-15)16-17-18/h3,6-7,10H,4-5H2,1-2H3. The first kappa shape index (κ1) is 11.7. The highest BCUT2D eigenvalue weighted by Crippen LogP contribution is 2.42. The van der Waals surface area contributed by atoms with Crippen LogP contribution in [-0.4, -0.2) is 22.1 Å². The SMILES string of the molecule is COc1ccc(C)cc1-n1nnc(C#N)c1C1CC1. The predicted octanol–water partition coefficient (Wildman–Crippen LogP) is 2.33. The lowest BCUT2D eigenvalue weighted by molar-refractivity contribution is 0.411. The fourth-order valence-corrected chi connectivity index (χ4v) is 2.24. The van der Waals surface area contributed by atoms with Crippen molar-refractivity contribution in [3.05, 3.63) is 35.2 Å². The Labute approximate surface area is 111 Å². The highest BCUT2D eigenvalue weighted by Gasteiger charge is 2.32. The summed E-state index contributed by atoms with van der Waals surface area (Å²) in [5.74, 6) is 1.14. The summed E-state index contributed by atoms with van der Waals surface area (Å²) in [6.45, 7) is 2.02. The summed E-state index contributed by atoms with van der Waals surface area (Å²) >= 11 is 0. The van der Waals surface area contributed by atoms with Crippen LogP contribution in [-0.2, 0) is 0 Å². The molecule has 19 heavy (non-hydrogen) atoms. The van der Waals surface area contributed by atoms with Crippen LogP contribution in [0.3, 0.4) is 0 Å². The van der Waals surface area contributed by atoms with Crippen LogP contribution in [0.4, 0.5) is 0 Å².